The Morgan fingerprint density at radius 1 is 1.23 bits per heavy atom. The van der Waals surface area contributed by atoms with Gasteiger partial charge in [0.05, 0.1) is 12.7 Å². The summed E-state index contributed by atoms with van der Waals surface area (Å²) in [5, 5.41) is 9.06. The SMILES string of the molecule is CC[C@H]1CN(c2ccc(-c3ccc(CO)cc3)c(F)c2)CO1. The third-order valence-electron chi connectivity index (χ3n) is 4.11. The second-order valence-corrected chi connectivity index (χ2v) is 5.57. The molecule has 0 amide bonds. The Hall–Kier alpha value is -1.91. The molecule has 0 bridgehead atoms. The van der Waals surface area contributed by atoms with E-state index in [1.165, 1.54) is 0 Å². The van der Waals surface area contributed by atoms with Gasteiger partial charge in [-0.2, -0.15) is 0 Å². The lowest BCUT2D eigenvalue weighted by molar-refractivity contribution is 0.113. The number of aliphatic hydroxyl groups excluding tert-OH is 1. The van der Waals surface area contributed by atoms with Gasteiger partial charge in [-0.1, -0.05) is 31.2 Å². The van der Waals surface area contributed by atoms with Gasteiger partial charge in [-0.15, -0.1) is 0 Å². The maximum Gasteiger partial charge on any atom is 0.133 e. The maximum absolute atomic E-state index is 14.4. The molecule has 0 aromatic heterocycles. The van der Waals surface area contributed by atoms with Gasteiger partial charge in [0.1, 0.15) is 12.5 Å². The van der Waals surface area contributed by atoms with Gasteiger partial charge in [0.25, 0.3) is 0 Å². The highest BCUT2D eigenvalue weighted by Crippen LogP contribution is 2.29. The van der Waals surface area contributed by atoms with Gasteiger partial charge in [0, 0.05) is 17.8 Å². The zero-order valence-electron chi connectivity index (χ0n) is 12.6. The van der Waals surface area contributed by atoms with Crippen LogP contribution in [0.25, 0.3) is 11.1 Å². The number of hydrogen-bond acceptors (Lipinski definition) is 3. The molecular weight excluding hydrogens is 281 g/mol. The number of aliphatic hydroxyl groups is 1. The first-order valence-corrected chi connectivity index (χ1v) is 7.57. The highest BCUT2D eigenvalue weighted by Gasteiger charge is 2.22. The van der Waals surface area contributed by atoms with Crippen LogP contribution in [0.15, 0.2) is 42.5 Å². The summed E-state index contributed by atoms with van der Waals surface area (Å²) in [6.45, 7) is 3.41. The Morgan fingerprint density at radius 3 is 2.59 bits per heavy atom. The van der Waals surface area contributed by atoms with Crippen molar-refractivity contribution in [1.29, 1.82) is 0 Å². The molecule has 0 unspecified atom stereocenters. The first-order valence-electron chi connectivity index (χ1n) is 7.57. The number of rotatable bonds is 4. The predicted molar refractivity (Wildman–Crippen MR) is 85.1 cm³/mol. The van der Waals surface area contributed by atoms with E-state index in [0.29, 0.717) is 12.3 Å². The normalized spacial score (nSPS) is 18.0. The van der Waals surface area contributed by atoms with E-state index >= 15 is 0 Å². The predicted octanol–water partition coefficient (Wildman–Crippen LogP) is 3.56. The van der Waals surface area contributed by atoms with Crippen molar-refractivity contribution in [3.8, 4) is 11.1 Å². The van der Waals surface area contributed by atoms with E-state index in [1.807, 2.05) is 30.3 Å². The standard InChI is InChI=1S/C18H20FNO2/c1-2-16-10-20(12-22-16)15-7-8-17(18(19)9-15)14-5-3-13(11-21)4-6-14/h3-9,16,21H,2,10-12H2,1H3/t16-/m0/s1. The van der Waals surface area contributed by atoms with E-state index in [2.05, 4.69) is 11.8 Å². The molecule has 2 aromatic rings. The summed E-state index contributed by atoms with van der Waals surface area (Å²) in [5.41, 5.74) is 3.05. The number of anilines is 1. The van der Waals surface area contributed by atoms with E-state index in [4.69, 9.17) is 9.84 Å². The molecule has 2 aromatic carbocycles. The number of nitrogens with zero attached hydrogens (tertiary/aromatic N) is 1. The van der Waals surface area contributed by atoms with Gasteiger partial charge < -0.3 is 14.7 Å². The van der Waals surface area contributed by atoms with Crippen LogP contribution in [-0.4, -0.2) is 24.5 Å². The number of benzene rings is 2. The molecule has 22 heavy (non-hydrogen) atoms. The molecule has 3 rings (SSSR count). The Morgan fingerprint density at radius 2 is 2.00 bits per heavy atom. The van der Waals surface area contributed by atoms with Crippen molar-refractivity contribution in [2.24, 2.45) is 0 Å². The smallest absolute Gasteiger partial charge is 0.133 e. The molecule has 1 aliphatic rings. The fraction of sp³-hybridized carbons (Fsp3) is 0.333. The average Bonchev–Trinajstić information content (AvgIpc) is 3.04. The van der Waals surface area contributed by atoms with Gasteiger partial charge >= 0.3 is 0 Å². The lowest BCUT2D eigenvalue weighted by atomic mass is 10.0. The topological polar surface area (TPSA) is 32.7 Å². The van der Waals surface area contributed by atoms with Gasteiger partial charge in [-0.3, -0.25) is 0 Å². The van der Waals surface area contributed by atoms with E-state index < -0.39 is 0 Å². The molecule has 116 valence electrons. The molecule has 3 nitrogen and oxygen atoms in total. The first-order chi connectivity index (χ1) is 10.7. The highest BCUT2D eigenvalue weighted by molar-refractivity contribution is 5.67. The van der Waals surface area contributed by atoms with Crippen LogP contribution in [0.3, 0.4) is 0 Å². The van der Waals surface area contributed by atoms with Crippen LogP contribution < -0.4 is 4.90 Å². The summed E-state index contributed by atoms with van der Waals surface area (Å²) < 4.78 is 20.1. The van der Waals surface area contributed by atoms with Gasteiger partial charge in [0.15, 0.2) is 0 Å². The lowest BCUT2D eigenvalue weighted by Crippen LogP contribution is -2.21. The highest BCUT2D eigenvalue weighted by atomic mass is 19.1. The van der Waals surface area contributed by atoms with Crippen molar-refractivity contribution in [2.45, 2.75) is 26.1 Å². The monoisotopic (exact) mass is 301 g/mol. The Balaban J connectivity index is 1.82. The second-order valence-electron chi connectivity index (χ2n) is 5.57. The average molecular weight is 301 g/mol. The quantitative estimate of drug-likeness (QED) is 0.937. The Kier molecular flexibility index (Phi) is 4.41. The third-order valence-corrected chi connectivity index (χ3v) is 4.11. The first kappa shape index (κ1) is 15.0. The van der Waals surface area contributed by atoms with Crippen LogP contribution in [-0.2, 0) is 11.3 Å². The molecule has 0 spiro atoms. The Bertz CT molecular complexity index is 642. The minimum atomic E-state index is -0.241. The molecule has 1 atom stereocenters. The molecule has 0 radical (unpaired) electrons. The zero-order valence-corrected chi connectivity index (χ0v) is 12.6. The third kappa shape index (κ3) is 2.98. The van der Waals surface area contributed by atoms with E-state index in [-0.39, 0.29) is 18.5 Å². The lowest BCUT2D eigenvalue weighted by Gasteiger charge is -2.17. The molecule has 0 saturated carbocycles. The summed E-state index contributed by atoms with van der Waals surface area (Å²) in [4.78, 5) is 2.05. The van der Waals surface area contributed by atoms with Crippen LogP contribution in [0.2, 0.25) is 0 Å². The molecule has 1 aliphatic heterocycles. The van der Waals surface area contributed by atoms with Crippen LogP contribution in [0.1, 0.15) is 18.9 Å². The van der Waals surface area contributed by atoms with Crippen molar-refractivity contribution in [1.82, 2.24) is 0 Å². The minimum Gasteiger partial charge on any atom is -0.392 e. The van der Waals surface area contributed by atoms with Crippen molar-refractivity contribution >= 4 is 5.69 Å². The van der Waals surface area contributed by atoms with Crippen LogP contribution in [0.5, 0.6) is 0 Å². The molecule has 1 N–H and O–H groups in total. The summed E-state index contributed by atoms with van der Waals surface area (Å²) in [6.07, 6.45) is 1.20. The van der Waals surface area contributed by atoms with Crippen molar-refractivity contribution in [3.05, 3.63) is 53.8 Å². The summed E-state index contributed by atoms with van der Waals surface area (Å²) >= 11 is 0. The van der Waals surface area contributed by atoms with E-state index in [9.17, 15) is 4.39 Å². The van der Waals surface area contributed by atoms with Crippen LogP contribution in [0.4, 0.5) is 10.1 Å². The van der Waals surface area contributed by atoms with Crippen LogP contribution >= 0.6 is 0 Å². The molecule has 1 saturated heterocycles. The van der Waals surface area contributed by atoms with Crippen molar-refractivity contribution in [3.63, 3.8) is 0 Å². The molecule has 1 heterocycles. The second kappa shape index (κ2) is 6.46. The number of ether oxygens (including phenoxy) is 1. The summed E-state index contributed by atoms with van der Waals surface area (Å²) in [7, 11) is 0. The fourth-order valence-electron chi connectivity index (χ4n) is 2.70. The largest absolute Gasteiger partial charge is 0.392 e. The molecular formula is C18H20FNO2. The summed E-state index contributed by atoms with van der Waals surface area (Å²) in [5.74, 6) is -0.241. The van der Waals surface area contributed by atoms with Crippen molar-refractivity contribution in [2.75, 3.05) is 18.2 Å². The fourth-order valence-corrected chi connectivity index (χ4v) is 2.70. The minimum absolute atomic E-state index is 0.00471. The number of halogens is 1. The molecule has 1 fully saturated rings. The molecule has 0 aliphatic carbocycles. The Labute approximate surface area is 130 Å². The zero-order chi connectivity index (χ0) is 15.5. The summed E-state index contributed by atoms with van der Waals surface area (Å²) in [6, 6.07) is 12.6. The van der Waals surface area contributed by atoms with E-state index in [0.717, 1.165) is 29.8 Å². The van der Waals surface area contributed by atoms with E-state index in [1.54, 1.807) is 12.1 Å². The number of hydrogen-bond donors (Lipinski definition) is 1. The van der Waals surface area contributed by atoms with Gasteiger partial charge in [-0.25, -0.2) is 4.39 Å². The van der Waals surface area contributed by atoms with Gasteiger partial charge in [-0.05, 0) is 35.7 Å². The maximum atomic E-state index is 14.4. The van der Waals surface area contributed by atoms with Gasteiger partial charge in [0.2, 0.25) is 0 Å². The van der Waals surface area contributed by atoms with Crippen molar-refractivity contribution < 1.29 is 14.2 Å². The molecule has 4 heteroatoms. The van der Waals surface area contributed by atoms with Crippen LogP contribution in [0, 0.1) is 5.82 Å².